The highest BCUT2D eigenvalue weighted by atomic mass is 19.1. The number of methoxy groups -OCH3 is 1. The SMILES string of the molecule is COc1ccc([C@H](C)NCc2cc(C)c(OCc3ccccn3)c(C)c2)cc1F. The number of aryl methyl sites for hydroxylation is 2. The predicted molar refractivity (Wildman–Crippen MR) is 113 cm³/mol. The maximum Gasteiger partial charge on any atom is 0.165 e. The second-order valence-electron chi connectivity index (χ2n) is 7.17. The summed E-state index contributed by atoms with van der Waals surface area (Å²) in [6.45, 7) is 7.24. The van der Waals surface area contributed by atoms with Gasteiger partial charge < -0.3 is 14.8 Å². The van der Waals surface area contributed by atoms with Gasteiger partial charge in [-0.25, -0.2) is 4.39 Å². The van der Waals surface area contributed by atoms with Crippen LogP contribution in [0.3, 0.4) is 0 Å². The Kier molecular flexibility index (Phi) is 6.83. The zero-order valence-electron chi connectivity index (χ0n) is 17.3. The molecule has 29 heavy (non-hydrogen) atoms. The molecule has 2 aromatic carbocycles. The zero-order chi connectivity index (χ0) is 20.8. The molecular formula is C24H27FN2O2. The molecule has 0 aliphatic carbocycles. The molecule has 3 aromatic rings. The molecule has 4 nitrogen and oxygen atoms in total. The summed E-state index contributed by atoms with van der Waals surface area (Å²) in [4.78, 5) is 4.30. The van der Waals surface area contributed by atoms with E-state index in [2.05, 4.69) is 22.4 Å². The molecule has 1 N–H and O–H groups in total. The zero-order valence-corrected chi connectivity index (χ0v) is 17.3. The molecule has 5 heteroatoms. The third-order valence-corrected chi connectivity index (χ3v) is 4.90. The van der Waals surface area contributed by atoms with E-state index in [1.807, 2.05) is 45.0 Å². The molecule has 0 unspecified atom stereocenters. The van der Waals surface area contributed by atoms with Crippen LogP contribution in [0, 0.1) is 19.7 Å². The van der Waals surface area contributed by atoms with Crippen molar-refractivity contribution in [3.05, 3.63) is 88.5 Å². The van der Waals surface area contributed by atoms with E-state index in [1.165, 1.54) is 13.2 Å². The molecule has 0 saturated heterocycles. The van der Waals surface area contributed by atoms with Crippen molar-refractivity contribution in [3.8, 4) is 11.5 Å². The molecule has 1 heterocycles. The minimum atomic E-state index is -0.347. The van der Waals surface area contributed by atoms with Crippen LogP contribution in [0.4, 0.5) is 4.39 Å². The van der Waals surface area contributed by atoms with Gasteiger partial charge in [-0.3, -0.25) is 4.98 Å². The summed E-state index contributed by atoms with van der Waals surface area (Å²) >= 11 is 0. The van der Waals surface area contributed by atoms with Crippen LogP contribution in [-0.4, -0.2) is 12.1 Å². The number of nitrogens with zero attached hydrogens (tertiary/aromatic N) is 1. The molecule has 1 aromatic heterocycles. The van der Waals surface area contributed by atoms with E-state index in [0.717, 1.165) is 33.7 Å². The van der Waals surface area contributed by atoms with E-state index in [9.17, 15) is 4.39 Å². The lowest BCUT2D eigenvalue weighted by Gasteiger charge is -2.17. The summed E-state index contributed by atoms with van der Waals surface area (Å²) in [6, 6.07) is 15.1. The van der Waals surface area contributed by atoms with Crippen LogP contribution < -0.4 is 14.8 Å². The summed E-state index contributed by atoms with van der Waals surface area (Å²) < 4.78 is 24.9. The number of nitrogens with one attached hydrogen (secondary N) is 1. The number of hydrogen-bond donors (Lipinski definition) is 1. The van der Waals surface area contributed by atoms with Gasteiger partial charge in [-0.1, -0.05) is 24.3 Å². The Morgan fingerprint density at radius 3 is 2.45 bits per heavy atom. The average Bonchev–Trinajstić information content (AvgIpc) is 2.72. The average molecular weight is 394 g/mol. The minimum Gasteiger partial charge on any atom is -0.494 e. The fraction of sp³-hybridized carbons (Fsp3) is 0.292. The van der Waals surface area contributed by atoms with E-state index >= 15 is 0 Å². The Morgan fingerprint density at radius 2 is 1.83 bits per heavy atom. The smallest absolute Gasteiger partial charge is 0.165 e. The second kappa shape index (κ2) is 9.52. The molecule has 0 aliphatic rings. The Hall–Kier alpha value is -2.92. The maximum absolute atomic E-state index is 13.9. The van der Waals surface area contributed by atoms with Crippen molar-refractivity contribution in [1.29, 1.82) is 0 Å². The van der Waals surface area contributed by atoms with Crippen LogP contribution in [0.1, 0.15) is 40.9 Å². The van der Waals surface area contributed by atoms with Crippen LogP contribution in [0.2, 0.25) is 0 Å². The summed E-state index contributed by atoms with van der Waals surface area (Å²) in [7, 11) is 1.47. The van der Waals surface area contributed by atoms with E-state index in [4.69, 9.17) is 9.47 Å². The number of rotatable bonds is 8. The number of aromatic nitrogens is 1. The number of benzene rings is 2. The van der Waals surface area contributed by atoms with Crippen LogP contribution >= 0.6 is 0 Å². The summed E-state index contributed by atoms with van der Waals surface area (Å²) in [5, 5.41) is 3.45. The van der Waals surface area contributed by atoms with Crippen molar-refractivity contribution in [3.63, 3.8) is 0 Å². The normalized spacial score (nSPS) is 11.9. The molecule has 0 aliphatic heterocycles. The first-order valence-corrected chi connectivity index (χ1v) is 9.67. The molecule has 3 rings (SSSR count). The highest BCUT2D eigenvalue weighted by Gasteiger charge is 2.11. The van der Waals surface area contributed by atoms with Gasteiger partial charge in [0.15, 0.2) is 11.6 Å². The fourth-order valence-electron chi connectivity index (χ4n) is 3.34. The van der Waals surface area contributed by atoms with Gasteiger partial charge in [0, 0.05) is 18.8 Å². The largest absolute Gasteiger partial charge is 0.494 e. The Bertz CT molecular complexity index is 937. The molecule has 0 bridgehead atoms. The van der Waals surface area contributed by atoms with Crippen molar-refractivity contribution in [1.82, 2.24) is 10.3 Å². The van der Waals surface area contributed by atoms with Gasteiger partial charge in [-0.2, -0.15) is 0 Å². The van der Waals surface area contributed by atoms with Crippen LogP contribution in [0.25, 0.3) is 0 Å². The van der Waals surface area contributed by atoms with Gasteiger partial charge in [0.25, 0.3) is 0 Å². The predicted octanol–water partition coefficient (Wildman–Crippen LogP) is 5.28. The van der Waals surface area contributed by atoms with Gasteiger partial charge in [-0.05, 0) is 67.3 Å². The maximum atomic E-state index is 13.9. The van der Waals surface area contributed by atoms with Crippen molar-refractivity contribution in [2.45, 2.75) is 40.0 Å². The Labute approximate surface area is 171 Å². The minimum absolute atomic E-state index is 0.0103. The second-order valence-corrected chi connectivity index (χ2v) is 7.17. The molecule has 0 radical (unpaired) electrons. The van der Waals surface area contributed by atoms with Crippen LogP contribution in [-0.2, 0) is 13.2 Å². The van der Waals surface area contributed by atoms with Gasteiger partial charge in [0.1, 0.15) is 12.4 Å². The van der Waals surface area contributed by atoms with Gasteiger partial charge >= 0.3 is 0 Å². The highest BCUT2D eigenvalue weighted by molar-refractivity contribution is 5.43. The summed E-state index contributed by atoms with van der Waals surface area (Å²) in [5.41, 5.74) is 5.11. The summed E-state index contributed by atoms with van der Waals surface area (Å²) in [5.74, 6) is 0.804. The molecule has 0 spiro atoms. The van der Waals surface area contributed by atoms with Crippen molar-refractivity contribution >= 4 is 0 Å². The molecule has 0 fully saturated rings. The van der Waals surface area contributed by atoms with Crippen molar-refractivity contribution in [2.75, 3.05) is 7.11 Å². The van der Waals surface area contributed by atoms with Gasteiger partial charge in [-0.15, -0.1) is 0 Å². The third-order valence-electron chi connectivity index (χ3n) is 4.90. The Morgan fingerprint density at radius 1 is 1.07 bits per heavy atom. The lowest BCUT2D eigenvalue weighted by molar-refractivity contribution is 0.297. The topological polar surface area (TPSA) is 43.4 Å². The first kappa shape index (κ1) is 20.8. The van der Waals surface area contributed by atoms with E-state index in [0.29, 0.717) is 13.2 Å². The van der Waals surface area contributed by atoms with Gasteiger partial charge in [0.2, 0.25) is 0 Å². The quantitative estimate of drug-likeness (QED) is 0.565. The fourth-order valence-corrected chi connectivity index (χ4v) is 3.34. The van der Waals surface area contributed by atoms with Crippen LogP contribution in [0.15, 0.2) is 54.7 Å². The molecule has 1 atom stereocenters. The summed E-state index contributed by atoms with van der Waals surface area (Å²) in [6.07, 6.45) is 1.77. The number of halogens is 1. The lowest BCUT2D eigenvalue weighted by Crippen LogP contribution is -2.18. The van der Waals surface area contributed by atoms with E-state index in [1.54, 1.807) is 12.3 Å². The number of ether oxygens (including phenoxy) is 2. The highest BCUT2D eigenvalue weighted by Crippen LogP contribution is 2.26. The molecule has 0 amide bonds. The van der Waals surface area contributed by atoms with E-state index in [-0.39, 0.29) is 17.6 Å². The van der Waals surface area contributed by atoms with E-state index < -0.39 is 0 Å². The van der Waals surface area contributed by atoms with Crippen molar-refractivity contribution in [2.24, 2.45) is 0 Å². The standard InChI is InChI=1S/C24H27FN2O2/c1-16-11-19(12-17(2)24(16)29-15-21-7-5-6-10-26-21)14-27-18(3)20-8-9-23(28-4)22(25)13-20/h5-13,18,27H,14-15H2,1-4H3/t18-/m0/s1. The van der Waals surface area contributed by atoms with Crippen molar-refractivity contribution < 1.29 is 13.9 Å². The molecule has 152 valence electrons. The Balaban J connectivity index is 1.63. The first-order valence-electron chi connectivity index (χ1n) is 9.67. The van der Waals surface area contributed by atoms with Gasteiger partial charge in [0.05, 0.1) is 12.8 Å². The third kappa shape index (κ3) is 5.33. The van der Waals surface area contributed by atoms with Crippen LogP contribution in [0.5, 0.6) is 11.5 Å². The molecule has 0 saturated carbocycles. The lowest BCUT2D eigenvalue weighted by atomic mass is 10.0. The molecular weight excluding hydrogens is 367 g/mol. The number of hydrogen-bond acceptors (Lipinski definition) is 4. The first-order chi connectivity index (χ1) is 14.0. The number of pyridine rings is 1. The monoisotopic (exact) mass is 394 g/mol.